The van der Waals surface area contributed by atoms with E-state index in [1.807, 2.05) is 0 Å². The molecule has 0 aliphatic carbocycles. The van der Waals surface area contributed by atoms with Gasteiger partial charge in [0.2, 0.25) is 5.91 Å². The number of H-pyrrole nitrogens is 1. The van der Waals surface area contributed by atoms with Gasteiger partial charge in [0.15, 0.2) is 0 Å². The molecule has 0 saturated carbocycles. The maximum Gasteiger partial charge on any atom is 0.272 e. The number of aromatic nitrogens is 1. The van der Waals surface area contributed by atoms with Gasteiger partial charge in [0.25, 0.3) is 5.56 Å². The Labute approximate surface area is 76.1 Å². The lowest BCUT2D eigenvalue weighted by Crippen LogP contribution is -2.12. The Kier molecular flexibility index (Phi) is 1.54. The number of pyridine rings is 1. The van der Waals surface area contributed by atoms with E-state index in [0.717, 1.165) is 10.0 Å². The highest BCUT2D eigenvalue weighted by atomic mass is 79.9. The second-order valence-corrected chi connectivity index (χ2v) is 3.40. The number of nitrogens with one attached hydrogen (secondary N) is 2. The van der Waals surface area contributed by atoms with Gasteiger partial charge in [-0.25, -0.2) is 0 Å². The van der Waals surface area contributed by atoms with Gasteiger partial charge in [0, 0.05) is 16.2 Å². The summed E-state index contributed by atoms with van der Waals surface area (Å²) in [5, 5.41) is 2.49. The molecule has 2 rings (SSSR count). The lowest BCUT2D eigenvalue weighted by Gasteiger charge is -1.97. The minimum atomic E-state index is -0.251. The number of carbonyl (C=O) groups excluding carboxylic acids is 1. The summed E-state index contributed by atoms with van der Waals surface area (Å²) in [5.41, 5.74) is 0.858. The van der Waals surface area contributed by atoms with E-state index in [0.29, 0.717) is 5.69 Å². The number of rotatable bonds is 0. The van der Waals surface area contributed by atoms with E-state index < -0.39 is 0 Å². The summed E-state index contributed by atoms with van der Waals surface area (Å²) in [6.07, 6.45) is 1.82. The van der Waals surface area contributed by atoms with Gasteiger partial charge in [-0.15, -0.1) is 0 Å². The molecule has 0 bridgehead atoms. The molecule has 0 spiro atoms. The summed E-state index contributed by atoms with van der Waals surface area (Å²) in [6.45, 7) is 0. The molecule has 0 aromatic carbocycles. The number of hydrogen-bond donors (Lipinski definition) is 2. The first kappa shape index (κ1) is 7.54. The third kappa shape index (κ3) is 0.972. The lowest BCUT2D eigenvalue weighted by molar-refractivity contribution is -0.115. The van der Waals surface area contributed by atoms with Crippen molar-refractivity contribution in [3.63, 3.8) is 0 Å². The zero-order valence-corrected chi connectivity index (χ0v) is 7.56. The summed E-state index contributed by atoms with van der Waals surface area (Å²) >= 11 is 3.25. The lowest BCUT2D eigenvalue weighted by atomic mass is 10.2. The van der Waals surface area contributed by atoms with Crippen molar-refractivity contribution in [2.75, 3.05) is 5.32 Å². The molecule has 0 atom stereocenters. The predicted molar refractivity (Wildman–Crippen MR) is 47.1 cm³/mol. The van der Waals surface area contributed by atoms with Crippen LogP contribution in [0.1, 0.15) is 5.56 Å². The van der Waals surface area contributed by atoms with Gasteiger partial charge >= 0.3 is 0 Å². The zero-order valence-electron chi connectivity index (χ0n) is 5.98. The van der Waals surface area contributed by atoms with Crippen molar-refractivity contribution in [3.8, 4) is 0 Å². The third-order valence-electron chi connectivity index (χ3n) is 1.75. The van der Waals surface area contributed by atoms with Gasteiger partial charge in [-0.2, -0.15) is 0 Å². The Morgan fingerprint density at radius 3 is 2.83 bits per heavy atom. The van der Waals surface area contributed by atoms with E-state index in [4.69, 9.17) is 0 Å². The van der Waals surface area contributed by atoms with Crippen LogP contribution in [-0.4, -0.2) is 10.9 Å². The van der Waals surface area contributed by atoms with Crippen LogP contribution in [0.15, 0.2) is 15.5 Å². The Hall–Kier alpha value is -1.10. The highest BCUT2D eigenvalue weighted by Gasteiger charge is 2.22. The average Bonchev–Trinajstić information content (AvgIpc) is 2.41. The first-order valence-electron chi connectivity index (χ1n) is 3.38. The molecule has 1 aliphatic heterocycles. The predicted octanol–water partition coefficient (Wildman–Crippen LogP) is 0.632. The molecule has 4 nitrogen and oxygen atoms in total. The largest absolute Gasteiger partial charge is 0.326 e. The van der Waals surface area contributed by atoms with Gasteiger partial charge in [-0.3, -0.25) is 9.59 Å². The van der Waals surface area contributed by atoms with Crippen molar-refractivity contribution in [2.24, 2.45) is 0 Å². The number of hydrogen-bond acceptors (Lipinski definition) is 2. The molecule has 1 amide bonds. The second kappa shape index (κ2) is 2.45. The number of aromatic amines is 1. The molecule has 1 aromatic rings. The molecule has 1 aromatic heterocycles. The topological polar surface area (TPSA) is 62.0 Å². The summed E-state index contributed by atoms with van der Waals surface area (Å²) in [7, 11) is 0. The van der Waals surface area contributed by atoms with Crippen molar-refractivity contribution in [1.82, 2.24) is 4.98 Å². The van der Waals surface area contributed by atoms with Gasteiger partial charge in [0.05, 0.1) is 6.42 Å². The number of amides is 1. The van der Waals surface area contributed by atoms with Crippen LogP contribution in [-0.2, 0) is 11.2 Å². The van der Waals surface area contributed by atoms with Crippen LogP contribution < -0.4 is 10.9 Å². The highest BCUT2D eigenvalue weighted by molar-refractivity contribution is 9.10. The summed E-state index contributed by atoms with van der Waals surface area (Å²) in [6, 6.07) is 0. The quantitative estimate of drug-likeness (QED) is 0.685. The summed E-state index contributed by atoms with van der Waals surface area (Å²) < 4.78 is 0.760. The number of halogens is 1. The van der Waals surface area contributed by atoms with Crippen LogP contribution in [0, 0.1) is 0 Å². The fourth-order valence-corrected chi connectivity index (χ4v) is 1.65. The molecule has 0 saturated heterocycles. The molecule has 5 heteroatoms. The highest BCUT2D eigenvalue weighted by Crippen LogP contribution is 2.25. The number of carbonyl (C=O) groups is 1. The van der Waals surface area contributed by atoms with Crippen molar-refractivity contribution >= 4 is 27.5 Å². The van der Waals surface area contributed by atoms with Crippen LogP contribution in [0.4, 0.5) is 5.69 Å². The van der Waals surface area contributed by atoms with E-state index in [2.05, 4.69) is 26.2 Å². The van der Waals surface area contributed by atoms with Gasteiger partial charge in [0.1, 0.15) is 5.69 Å². The molecule has 2 heterocycles. The van der Waals surface area contributed by atoms with Crippen molar-refractivity contribution in [1.29, 1.82) is 0 Å². The molecule has 1 aliphatic rings. The summed E-state index contributed by atoms with van der Waals surface area (Å²) in [4.78, 5) is 24.5. The maximum absolute atomic E-state index is 11.1. The van der Waals surface area contributed by atoms with Gasteiger partial charge in [-0.05, 0) is 15.9 Å². The number of fused-ring (bicyclic) bond motifs is 1. The Morgan fingerprint density at radius 1 is 1.42 bits per heavy atom. The van der Waals surface area contributed by atoms with E-state index in [9.17, 15) is 9.59 Å². The van der Waals surface area contributed by atoms with Crippen LogP contribution >= 0.6 is 15.9 Å². The van der Waals surface area contributed by atoms with E-state index in [1.54, 1.807) is 6.20 Å². The average molecular weight is 229 g/mol. The molecule has 2 N–H and O–H groups in total. The van der Waals surface area contributed by atoms with Crippen LogP contribution in [0.2, 0.25) is 0 Å². The van der Waals surface area contributed by atoms with Crippen LogP contribution in [0.5, 0.6) is 0 Å². The molecule has 62 valence electrons. The standard InChI is InChI=1S/C7H5BrN2O2/c8-4-2-9-7(12)6-3(4)1-5(11)10-6/h2H,1H2,(H,9,12)(H,10,11). The molecule has 0 radical (unpaired) electrons. The minimum absolute atomic E-state index is 0.137. The molecular formula is C7H5BrN2O2. The van der Waals surface area contributed by atoms with Crippen molar-refractivity contribution in [3.05, 3.63) is 26.6 Å². The first-order valence-corrected chi connectivity index (χ1v) is 4.17. The smallest absolute Gasteiger partial charge is 0.272 e. The number of anilines is 1. The Morgan fingerprint density at radius 2 is 2.17 bits per heavy atom. The summed E-state index contributed by atoms with van der Waals surface area (Å²) in [5.74, 6) is -0.137. The fourth-order valence-electron chi connectivity index (χ4n) is 1.19. The molecular weight excluding hydrogens is 224 g/mol. The SMILES string of the molecule is O=C1Cc2c(Br)c[nH]c(=O)c2N1. The Balaban J connectivity index is 2.72. The third-order valence-corrected chi connectivity index (χ3v) is 2.46. The maximum atomic E-state index is 11.1. The molecule has 12 heavy (non-hydrogen) atoms. The van der Waals surface area contributed by atoms with Crippen molar-refractivity contribution < 1.29 is 4.79 Å². The molecule has 0 unspecified atom stereocenters. The zero-order chi connectivity index (χ0) is 8.72. The second-order valence-electron chi connectivity index (χ2n) is 2.54. The van der Waals surface area contributed by atoms with Gasteiger partial charge < -0.3 is 10.3 Å². The molecule has 0 fully saturated rings. The fraction of sp³-hybridized carbons (Fsp3) is 0.143. The van der Waals surface area contributed by atoms with Crippen molar-refractivity contribution in [2.45, 2.75) is 6.42 Å². The minimum Gasteiger partial charge on any atom is -0.326 e. The van der Waals surface area contributed by atoms with E-state index in [-0.39, 0.29) is 17.9 Å². The normalized spacial score (nSPS) is 14.2. The first-order chi connectivity index (χ1) is 5.68. The van der Waals surface area contributed by atoms with E-state index in [1.165, 1.54) is 0 Å². The van der Waals surface area contributed by atoms with Crippen LogP contribution in [0.3, 0.4) is 0 Å². The Bertz CT molecular complexity index is 410. The van der Waals surface area contributed by atoms with Crippen LogP contribution in [0.25, 0.3) is 0 Å². The van der Waals surface area contributed by atoms with E-state index >= 15 is 0 Å². The monoisotopic (exact) mass is 228 g/mol. The van der Waals surface area contributed by atoms with Gasteiger partial charge in [-0.1, -0.05) is 0 Å².